The molecule has 1 saturated heterocycles. The van der Waals surface area contributed by atoms with Gasteiger partial charge in [-0.15, -0.1) is 0 Å². The van der Waals surface area contributed by atoms with Crippen LogP contribution in [0.25, 0.3) is 0 Å². The molecule has 1 aliphatic rings. The van der Waals surface area contributed by atoms with Gasteiger partial charge >= 0.3 is 5.97 Å². The smallest absolute Gasteiger partial charge is 0.339 e. The van der Waals surface area contributed by atoms with Crippen molar-refractivity contribution in [2.45, 2.75) is 26.7 Å². The molecule has 1 N–H and O–H groups in total. The molecule has 0 bridgehead atoms. The van der Waals surface area contributed by atoms with Gasteiger partial charge in [0.1, 0.15) is 11.5 Å². The Labute approximate surface area is 185 Å². The van der Waals surface area contributed by atoms with Crippen LogP contribution < -0.4 is 0 Å². The third-order valence-corrected chi connectivity index (χ3v) is 5.72. The molecule has 0 spiro atoms. The zero-order valence-electron chi connectivity index (χ0n) is 17.8. The van der Waals surface area contributed by atoms with Gasteiger partial charge in [0, 0.05) is 31.9 Å². The van der Waals surface area contributed by atoms with E-state index in [1.807, 2.05) is 6.92 Å². The maximum Gasteiger partial charge on any atom is 0.339 e. The first-order valence-electron chi connectivity index (χ1n) is 10.1. The van der Waals surface area contributed by atoms with E-state index in [9.17, 15) is 18.8 Å². The van der Waals surface area contributed by atoms with Crippen molar-refractivity contribution in [2.24, 2.45) is 0 Å². The van der Waals surface area contributed by atoms with Crippen LogP contribution in [-0.2, 0) is 11.2 Å². The monoisotopic (exact) mass is 449 g/mol. The molecule has 3 rings (SSSR count). The molecule has 1 aromatic carbocycles. The van der Waals surface area contributed by atoms with Crippen LogP contribution in [0.4, 0.5) is 4.39 Å². The molecular formula is C22H25ClFN3O4. The SMILES string of the molecule is CCCc1c(C(=O)N2CCN(C(=O)c3ccc(F)cc3Cl)CC2)[nH]c(C)c1C(=O)OC. The van der Waals surface area contributed by atoms with E-state index < -0.39 is 11.8 Å². The highest BCUT2D eigenvalue weighted by Crippen LogP contribution is 2.24. The number of amides is 2. The summed E-state index contributed by atoms with van der Waals surface area (Å²) < 4.78 is 18.1. The minimum atomic E-state index is -0.507. The molecule has 0 saturated carbocycles. The maximum atomic E-state index is 13.3. The number of piperazine rings is 1. The molecule has 7 nitrogen and oxygen atoms in total. The van der Waals surface area contributed by atoms with Gasteiger partial charge in [-0.2, -0.15) is 0 Å². The minimum Gasteiger partial charge on any atom is -0.465 e. The van der Waals surface area contributed by atoms with Gasteiger partial charge in [0.25, 0.3) is 11.8 Å². The lowest BCUT2D eigenvalue weighted by Crippen LogP contribution is -2.50. The van der Waals surface area contributed by atoms with Gasteiger partial charge in [0.05, 0.1) is 23.3 Å². The van der Waals surface area contributed by atoms with Crippen molar-refractivity contribution in [3.63, 3.8) is 0 Å². The van der Waals surface area contributed by atoms with Crippen LogP contribution in [0.3, 0.4) is 0 Å². The molecule has 31 heavy (non-hydrogen) atoms. The van der Waals surface area contributed by atoms with Crippen LogP contribution in [0.2, 0.25) is 5.02 Å². The number of carbonyl (C=O) groups is 3. The standard InChI is InChI=1S/C22H25ClFN3O4/c1-4-5-16-18(22(30)31-3)13(2)25-19(16)21(29)27-10-8-26(9-11-27)20(28)15-7-6-14(24)12-17(15)23/h6-7,12,25H,4-5,8-11H2,1-3H3. The molecule has 1 aromatic heterocycles. The molecule has 9 heteroatoms. The van der Waals surface area contributed by atoms with Gasteiger partial charge in [-0.1, -0.05) is 24.9 Å². The second-order valence-corrected chi connectivity index (χ2v) is 7.84. The van der Waals surface area contributed by atoms with Crippen LogP contribution in [0, 0.1) is 12.7 Å². The number of aromatic amines is 1. The van der Waals surface area contributed by atoms with E-state index in [0.29, 0.717) is 55.1 Å². The predicted octanol–water partition coefficient (Wildman–Crippen LogP) is 3.45. The first-order valence-corrected chi connectivity index (χ1v) is 10.5. The molecule has 0 unspecified atom stereocenters. The van der Waals surface area contributed by atoms with E-state index in [1.54, 1.807) is 16.7 Å². The van der Waals surface area contributed by atoms with E-state index >= 15 is 0 Å². The molecule has 1 aliphatic heterocycles. The number of H-pyrrole nitrogens is 1. The molecule has 1 fully saturated rings. The van der Waals surface area contributed by atoms with Crippen molar-refractivity contribution < 1.29 is 23.5 Å². The fourth-order valence-electron chi connectivity index (χ4n) is 3.84. The number of rotatable bonds is 5. The van der Waals surface area contributed by atoms with Crippen LogP contribution in [-0.4, -0.2) is 65.9 Å². The Morgan fingerprint density at radius 1 is 1.13 bits per heavy atom. The zero-order chi connectivity index (χ0) is 22.7. The number of aryl methyl sites for hydroxylation is 1. The number of carbonyl (C=O) groups excluding carboxylic acids is 3. The van der Waals surface area contributed by atoms with E-state index in [1.165, 1.54) is 19.2 Å². The third-order valence-electron chi connectivity index (χ3n) is 5.41. The zero-order valence-corrected chi connectivity index (χ0v) is 18.5. The molecule has 2 amide bonds. The number of ether oxygens (including phenoxy) is 1. The Morgan fingerprint density at radius 2 is 1.74 bits per heavy atom. The van der Waals surface area contributed by atoms with Gasteiger partial charge < -0.3 is 19.5 Å². The molecule has 0 aliphatic carbocycles. The molecule has 2 aromatic rings. The van der Waals surface area contributed by atoms with Gasteiger partial charge in [0.15, 0.2) is 0 Å². The Bertz CT molecular complexity index is 1010. The Balaban J connectivity index is 1.75. The minimum absolute atomic E-state index is 0.0601. The van der Waals surface area contributed by atoms with E-state index in [0.717, 1.165) is 12.5 Å². The Morgan fingerprint density at radius 3 is 2.29 bits per heavy atom. The summed E-state index contributed by atoms with van der Waals surface area (Å²) in [7, 11) is 1.32. The molecule has 166 valence electrons. The van der Waals surface area contributed by atoms with E-state index in [-0.39, 0.29) is 22.4 Å². The highest BCUT2D eigenvalue weighted by Gasteiger charge is 2.31. The van der Waals surface area contributed by atoms with E-state index in [4.69, 9.17) is 16.3 Å². The van der Waals surface area contributed by atoms with Crippen LogP contribution in [0.5, 0.6) is 0 Å². The van der Waals surface area contributed by atoms with Crippen molar-refractivity contribution in [1.82, 2.24) is 14.8 Å². The number of halogens is 2. The normalized spacial score (nSPS) is 14.0. The third kappa shape index (κ3) is 4.58. The lowest BCUT2D eigenvalue weighted by atomic mass is 10.0. The number of methoxy groups -OCH3 is 1. The quantitative estimate of drug-likeness (QED) is 0.709. The number of hydrogen-bond acceptors (Lipinski definition) is 4. The van der Waals surface area contributed by atoms with Gasteiger partial charge in [-0.05, 0) is 37.1 Å². The fraction of sp³-hybridized carbons (Fsp3) is 0.409. The van der Waals surface area contributed by atoms with Crippen LogP contribution >= 0.6 is 11.6 Å². The highest BCUT2D eigenvalue weighted by molar-refractivity contribution is 6.33. The Kier molecular flexibility index (Phi) is 7.00. The average Bonchev–Trinajstić information content (AvgIpc) is 3.08. The summed E-state index contributed by atoms with van der Waals surface area (Å²) in [6.07, 6.45) is 1.33. The summed E-state index contributed by atoms with van der Waals surface area (Å²) in [6, 6.07) is 3.67. The van der Waals surface area contributed by atoms with E-state index in [2.05, 4.69) is 4.98 Å². The lowest BCUT2D eigenvalue weighted by Gasteiger charge is -2.35. The van der Waals surface area contributed by atoms with Gasteiger partial charge in [-0.3, -0.25) is 9.59 Å². The number of nitrogens with one attached hydrogen (secondary N) is 1. The van der Waals surface area contributed by atoms with Crippen molar-refractivity contribution >= 4 is 29.4 Å². The second kappa shape index (κ2) is 9.51. The molecular weight excluding hydrogens is 425 g/mol. The first kappa shape index (κ1) is 22.8. The van der Waals surface area contributed by atoms with Crippen molar-refractivity contribution in [2.75, 3.05) is 33.3 Å². The topological polar surface area (TPSA) is 82.7 Å². The largest absolute Gasteiger partial charge is 0.465 e. The number of aromatic nitrogens is 1. The summed E-state index contributed by atoms with van der Waals surface area (Å²) in [5, 5.41) is 0.0601. The maximum absolute atomic E-state index is 13.3. The van der Waals surface area contributed by atoms with Crippen molar-refractivity contribution in [1.29, 1.82) is 0 Å². The van der Waals surface area contributed by atoms with Crippen LogP contribution in [0.15, 0.2) is 18.2 Å². The summed E-state index contributed by atoms with van der Waals surface area (Å²) in [6.45, 7) is 5.03. The second-order valence-electron chi connectivity index (χ2n) is 7.43. The molecule has 2 heterocycles. The predicted molar refractivity (Wildman–Crippen MR) is 114 cm³/mol. The number of esters is 1. The number of benzene rings is 1. The molecule has 0 atom stereocenters. The lowest BCUT2D eigenvalue weighted by molar-refractivity contribution is 0.0531. The summed E-state index contributed by atoms with van der Waals surface area (Å²) in [4.78, 5) is 44.4. The highest BCUT2D eigenvalue weighted by atomic mass is 35.5. The summed E-state index contributed by atoms with van der Waals surface area (Å²) >= 11 is 6.01. The fourth-order valence-corrected chi connectivity index (χ4v) is 4.09. The number of hydrogen-bond donors (Lipinski definition) is 1. The van der Waals surface area contributed by atoms with Crippen molar-refractivity contribution in [3.05, 3.63) is 57.1 Å². The van der Waals surface area contributed by atoms with Gasteiger partial charge in [-0.25, -0.2) is 9.18 Å². The number of nitrogens with zero attached hydrogens (tertiary/aromatic N) is 2. The Hall–Kier alpha value is -2.87. The summed E-state index contributed by atoms with van der Waals surface area (Å²) in [5.41, 5.74) is 2.29. The van der Waals surface area contributed by atoms with Crippen LogP contribution in [0.1, 0.15) is 55.8 Å². The average molecular weight is 450 g/mol. The molecule has 0 radical (unpaired) electrons. The van der Waals surface area contributed by atoms with Crippen molar-refractivity contribution in [3.8, 4) is 0 Å². The summed E-state index contributed by atoms with van der Waals surface area (Å²) in [5.74, 6) is -1.49. The van der Waals surface area contributed by atoms with Gasteiger partial charge in [0.2, 0.25) is 0 Å². The first-order chi connectivity index (χ1) is 14.8.